The molecule has 2 rings (SSSR count). The summed E-state index contributed by atoms with van der Waals surface area (Å²) in [5.41, 5.74) is 1.22. The van der Waals surface area contributed by atoms with Crippen LogP contribution in [0, 0.1) is 0 Å². The molecular formula is C10H13NOS. The Kier molecular flexibility index (Phi) is 2.76. The summed E-state index contributed by atoms with van der Waals surface area (Å²) in [6.45, 7) is 0. The van der Waals surface area contributed by atoms with Gasteiger partial charge >= 0.3 is 0 Å². The van der Waals surface area contributed by atoms with E-state index < -0.39 is 0 Å². The Labute approximate surface area is 81.9 Å². The topological polar surface area (TPSA) is 33.1 Å². The van der Waals surface area contributed by atoms with Crippen LogP contribution in [0.1, 0.15) is 30.7 Å². The Morgan fingerprint density at radius 3 is 3.15 bits per heavy atom. The van der Waals surface area contributed by atoms with Crippen LogP contribution in [0.15, 0.2) is 17.7 Å². The van der Waals surface area contributed by atoms with Crippen LogP contribution in [0.5, 0.6) is 0 Å². The number of thiazole rings is 1. The zero-order valence-corrected chi connectivity index (χ0v) is 8.26. The van der Waals surface area contributed by atoms with Crippen molar-refractivity contribution >= 4 is 16.9 Å². The molecule has 0 bridgehead atoms. The van der Waals surface area contributed by atoms with E-state index in [0.717, 1.165) is 24.3 Å². The standard InChI is InChI=1S/C10H13NOS/c12-9-4-2-1-3-8(7-9)10-11-5-6-13-10/h5-7,9,12H,1-4H2. The quantitative estimate of drug-likeness (QED) is 0.746. The predicted molar refractivity (Wildman–Crippen MR) is 54.6 cm³/mol. The lowest BCUT2D eigenvalue weighted by Gasteiger charge is -2.01. The van der Waals surface area contributed by atoms with Gasteiger partial charge in [-0.3, -0.25) is 0 Å². The molecule has 0 spiro atoms. The first-order chi connectivity index (χ1) is 6.36. The molecule has 1 aliphatic rings. The molecule has 0 aliphatic heterocycles. The monoisotopic (exact) mass is 195 g/mol. The van der Waals surface area contributed by atoms with E-state index in [4.69, 9.17) is 0 Å². The fourth-order valence-electron chi connectivity index (χ4n) is 1.63. The summed E-state index contributed by atoms with van der Waals surface area (Å²) in [5.74, 6) is 0. The van der Waals surface area contributed by atoms with Gasteiger partial charge in [-0.1, -0.05) is 6.42 Å². The van der Waals surface area contributed by atoms with E-state index in [9.17, 15) is 5.11 Å². The summed E-state index contributed by atoms with van der Waals surface area (Å²) in [7, 11) is 0. The van der Waals surface area contributed by atoms with Gasteiger partial charge in [-0.25, -0.2) is 4.98 Å². The molecule has 1 aromatic rings. The van der Waals surface area contributed by atoms with Crippen molar-refractivity contribution in [3.63, 3.8) is 0 Å². The van der Waals surface area contributed by atoms with Gasteiger partial charge in [0.2, 0.25) is 0 Å². The number of aromatic nitrogens is 1. The van der Waals surface area contributed by atoms with Crippen molar-refractivity contribution in [3.05, 3.63) is 22.7 Å². The van der Waals surface area contributed by atoms with Gasteiger partial charge in [-0.2, -0.15) is 0 Å². The minimum Gasteiger partial charge on any atom is -0.389 e. The maximum atomic E-state index is 9.56. The smallest absolute Gasteiger partial charge is 0.118 e. The van der Waals surface area contributed by atoms with E-state index in [0.29, 0.717) is 0 Å². The molecule has 0 radical (unpaired) electrons. The molecule has 1 aliphatic carbocycles. The molecule has 1 atom stereocenters. The van der Waals surface area contributed by atoms with Crippen molar-refractivity contribution in [2.24, 2.45) is 0 Å². The molecule has 1 unspecified atom stereocenters. The fraction of sp³-hybridized carbons (Fsp3) is 0.500. The highest BCUT2D eigenvalue weighted by Gasteiger charge is 2.11. The van der Waals surface area contributed by atoms with Gasteiger partial charge in [0.05, 0.1) is 6.10 Å². The number of nitrogens with zero attached hydrogens (tertiary/aromatic N) is 1. The predicted octanol–water partition coefficient (Wildman–Crippen LogP) is 2.46. The molecule has 2 nitrogen and oxygen atoms in total. The number of hydrogen-bond donors (Lipinski definition) is 1. The molecule has 0 saturated carbocycles. The van der Waals surface area contributed by atoms with E-state index >= 15 is 0 Å². The molecule has 0 saturated heterocycles. The third-order valence-corrected chi connectivity index (χ3v) is 3.15. The summed E-state index contributed by atoms with van der Waals surface area (Å²) < 4.78 is 0. The molecule has 0 fully saturated rings. The Morgan fingerprint density at radius 2 is 2.38 bits per heavy atom. The summed E-state index contributed by atoms with van der Waals surface area (Å²) >= 11 is 1.65. The van der Waals surface area contributed by atoms with Crippen molar-refractivity contribution in [2.45, 2.75) is 31.8 Å². The molecular weight excluding hydrogens is 182 g/mol. The average Bonchev–Trinajstić information content (AvgIpc) is 2.56. The molecule has 1 heterocycles. The van der Waals surface area contributed by atoms with Gasteiger partial charge in [-0.15, -0.1) is 11.3 Å². The highest BCUT2D eigenvalue weighted by Crippen LogP contribution is 2.27. The van der Waals surface area contributed by atoms with Crippen LogP contribution < -0.4 is 0 Å². The van der Waals surface area contributed by atoms with Crippen molar-refractivity contribution < 1.29 is 5.11 Å². The van der Waals surface area contributed by atoms with Crippen LogP contribution in [-0.4, -0.2) is 16.2 Å². The molecule has 0 aromatic carbocycles. The summed E-state index contributed by atoms with van der Waals surface area (Å²) in [5, 5.41) is 12.6. The molecule has 13 heavy (non-hydrogen) atoms. The lowest BCUT2D eigenvalue weighted by atomic mass is 10.1. The Hall–Kier alpha value is -0.670. The third-order valence-electron chi connectivity index (χ3n) is 2.30. The second kappa shape index (κ2) is 4.03. The van der Waals surface area contributed by atoms with Gasteiger partial charge in [0.15, 0.2) is 0 Å². The first-order valence-corrected chi connectivity index (χ1v) is 5.53. The van der Waals surface area contributed by atoms with Gasteiger partial charge in [0.25, 0.3) is 0 Å². The van der Waals surface area contributed by atoms with Crippen molar-refractivity contribution in [3.8, 4) is 0 Å². The normalized spacial score (nSPS) is 23.8. The van der Waals surface area contributed by atoms with Gasteiger partial charge in [0.1, 0.15) is 5.01 Å². The fourth-order valence-corrected chi connectivity index (χ4v) is 2.32. The first-order valence-electron chi connectivity index (χ1n) is 4.65. The van der Waals surface area contributed by atoms with E-state index in [2.05, 4.69) is 4.98 Å². The van der Waals surface area contributed by atoms with Gasteiger partial charge in [0, 0.05) is 11.6 Å². The van der Waals surface area contributed by atoms with E-state index in [1.54, 1.807) is 11.3 Å². The van der Waals surface area contributed by atoms with Crippen molar-refractivity contribution in [2.75, 3.05) is 0 Å². The van der Waals surface area contributed by atoms with Crippen LogP contribution in [0.4, 0.5) is 0 Å². The van der Waals surface area contributed by atoms with Crippen LogP contribution in [0.3, 0.4) is 0 Å². The average molecular weight is 195 g/mol. The second-order valence-electron chi connectivity index (χ2n) is 3.34. The Morgan fingerprint density at radius 1 is 1.46 bits per heavy atom. The number of aliphatic hydroxyl groups is 1. The Bertz CT molecular complexity index is 292. The minimum atomic E-state index is -0.263. The molecule has 3 heteroatoms. The maximum Gasteiger partial charge on any atom is 0.118 e. The molecule has 70 valence electrons. The number of allylic oxidation sites excluding steroid dienone is 1. The number of aliphatic hydroxyl groups excluding tert-OH is 1. The molecule has 0 amide bonds. The lowest BCUT2D eigenvalue weighted by Crippen LogP contribution is -1.99. The van der Waals surface area contributed by atoms with Crippen LogP contribution in [0.25, 0.3) is 5.57 Å². The van der Waals surface area contributed by atoms with Crippen molar-refractivity contribution in [1.82, 2.24) is 4.98 Å². The van der Waals surface area contributed by atoms with E-state index in [1.807, 2.05) is 17.7 Å². The number of hydrogen-bond acceptors (Lipinski definition) is 3. The van der Waals surface area contributed by atoms with Crippen molar-refractivity contribution in [1.29, 1.82) is 0 Å². The SMILES string of the molecule is OC1C=C(c2nccs2)CCCC1. The highest BCUT2D eigenvalue weighted by atomic mass is 32.1. The van der Waals surface area contributed by atoms with E-state index in [1.165, 1.54) is 12.0 Å². The van der Waals surface area contributed by atoms with Gasteiger partial charge < -0.3 is 5.11 Å². The zero-order valence-electron chi connectivity index (χ0n) is 7.44. The second-order valence-corrected chi connectivity index (χ2v) is 4.24. The summed E-state index contributed by atoms with van der Waals surface area (Å²) in [4.78, 5) is 4.26. The van der Waals surface area contributed by atoms with Crippen LogP contribution >= 0.6 is 11.3 Å². The molecule has 1 aromatic heterocycles. The first kappa shape index (κ1) is 8.91. The number of rotatable bonds is 1. The summed E-state index contributed by atoms with van der Waals surface area (Å²) in [6.07, 6.45) is 7.76. The lowest BCUT2D eigenvalue weighted by molar-refractivity contribution is 0.211. The molecule has 1 N–H and O–H groups in total. The van der Waals surface area contributed by atoms with E-state index in [-0.39, 0.29) is 6.10 Å². The van der Waals surface area contributed by atoms with Crippen LogP contribution in [0.2, 0.25) is 0 Å². The van der Waals surface area contributed by atoms with Crippen LogP contribution in [-0.2, 0) is 0 Å². The largest absolute Gasteiger partial charge is 0.389 e. The highest BCUT2D eigenvalue weighted by molar-refractivity contribution is 7.10. The minimum absolute atomic E-state index is 0.263. The van der Waals surface area contributed by atoms with Gasteiger partial charge in [-0.05, 0) is 30.9 Å². The summed E-state index contributed by atoms with van der Waals surface area (Å²) in [6, 6.07) is 0. The Balaban J connectivity index is 2.21. The zero-order chi connectivity index (χ0) is 9.10. The maximum absolute atomic E-state index is 9.56. The third kappa shape index (κ3) is 2.17.